The summed E-state index contributed by atoms with van der Waals surface area (Å²) in [5.41, 5.74) is 0.772. The first-order valence-electron chi connectivity index (χ1n) is 9.38. The number of hydrogen-bond donors (Lipinski definition) is 1. The molecule has 0 unspecified atom stereocenters. The van der Waals surface area contributed by atoms with Gasteiger partial charge in [0.25, 0.3) is 0 Å². The zero-order chi connectivity index (χ0) is 18.8. The minimum Gasteiger partial charge on any atom is -0.481 e. The van der Waals surface area contributed by atoms with Crippen LogP contribution in [0.2, 0.25) is 0 Å². The predicted octanol–water partition coefficient (Wildman–Crippen LogP) is 2.72. The van der Waals surface area contributed by atoms with Crippen molar-refractivity contribution in [3.05, 3.63) is 35.6 Å². The first-order valence-corrected chi connectivity index (χ1v) is 9.38. The molecule has 0 bridgehead atoms. The van der Waals surface area contributed by atoms with Crippen LogP contribution in [0.5, 0.6) is 0 Å². The normalized spacial score (nSPS) is 29.7. The molecule has 1 amide bonds. The van der Waals surface area contributed by atoms with Crippen molar-refractivity contribution in [3.8, 4) is 0 Å². The van der Waals surface area contributed by atoms with Crippen LogP contribution < -0.4 is 0 Å². The first kappa shape index (κ1) is 18.8. The smallest absolute Gasteiger partial charge is 0.308 e. The van der Waals surface area contributed by atoms with Gasteiger partial charge in [-0.1, -0.05) is 18.6 Å². The van der Waals surface area contributed by atoms with E-state index in [1.807, 2.05) is 0 Å². The molecule has 26 heavy (non-hydrogen) atoms. The van der Waals surface area contributed by atoms with Gasteiger partial charge in [0, 0.05) is 31.1 Å². The van der Waals surface area contributed by atoms with Crippen molar-refractivity contribution >= 4 is 11.9 Å². The molecule has 1 aromatic rings. The van der Waals surface area contributed by atoms with E-state index in [2.05, 4.69) is 18.7 Å². The Labute approximate surface area is 153 Å². The monoisotopic (exact) mass is 362 g/mol. The van der Waals surface area contributed by atoms with Gasteiger partial charge in [-0.15, -0.1) is 0 Å². The second-order valence-electron chi connectivity index (χ2n) is 7.70. The van der Waals surface area contributed by atoms with Gasteiger partial charge in [-0.2, -0.15) is 0 Å². The number of amides is 1. The van der Waals surface area contributed by atoms with Gasteiger partial charge in [-0.05, 0) is 44.4 Å². The lowest BCUT2D eigenvalue weighted by Crippen LogP contribution is -2.49. The molecule has 2 heterocycles. The van der Waals surface area contributed by atoms with E-state index in [0.29, 0.717) is 25.2 Å². The van der Waals surface area contributed by atoms with Crippen LogP contribution >= 0.6 is 0 Å². The molecule has 0 radical (unpaired) electrons. The molecule has 4 atom stereocenters. The third kappa shape index (κ3) is 3.90. The molecule has 2 aliphatic heterocycles. The molecule has 0 spiro atoms. The SMILES string of the molecule is C[C@@H]1CCC[C@H](C)N1CC(=O)N1C[C@@H](C(=O)O)[C@H](c2ccc(F)cc2)C1. The molecule has 0 saturated carbocycles. The average Bonchev–Trinajstić information content (AvgIpc) is 3.04. The van der Waals surface area contributed by atoms with E-state index >= 15 is 0 Å². The fraction of sp³-hybridized carbons (Fsp3) is 0.600. The predicted molar refractivity (Wildman–Crippen MR) is 96.3 cm³/mol. The van der Waals surface area contributed by atoms with Gasteiger partial charge in [-0.25, -0.2) is 4.39 Å². The van der Waals surface area contributed by atoms with Crippen LogP contribution in [0.15, 0.2) is 24.3 Å². The number of carboxylic acids is 1. The number of benzene rings is 1. The molecule has 3 rings (SSSR count). The second kappa shape index (κ2) is 7.74. The molecule has 1 aromatic carbocycles. The van der Waals surface area contributed by atoms with Gasteiger partial charge in [0.05, 0.1) is 12.5 Å². The Morgan fingerprint density at radius 3 is 2.31 bits per heavy atom. The quantitative estimate of drug-likeness (QED) is 0.895. The topological polar surface area (TPSA) is 60.9 Å². The molecule has 142 valence electrons. The molecule has 2 saturated heterocycles. The Balaban J connectivity index is 1.71. The summed E-state index contributed by atoms with van der Waals surface area (Å²) in [4.78, 5) is 28.4. The average molecular weight is 362 g/mol. The van der Waals surface area contributed by atoms with Crippen molar-refractivity contribution < 1.29 is 19.1 Å². The summed E-state index contributed by atoms with van der Waals surface area (Å²) in [6.45, 7) is 5.22. The third-order valence-corrected chi connectivity index (χ3v) is 5.98. The lowest BCUT2D eigenvalue weighted by atomic mass is 9.89. The highest BCUT2D eigenvalue weighted by atomic mass is 19.1. The van der Waals surface area contributed by atoms with E-state index in [4.69, 9.17) is 0 Å². The molecule has 0 aliphatic carbocycles. The number of rotatable bonds is 4. The maximum absolute atomic E-state index is 13.2. The summed E-state index contributed by atoms with van der Waals surface area (Å²) in [6.07, 6.45) is 3.37. The second-order valence-corrected chi connectivity index (χ2v) is 7.70. The molecule has 5 nitrogen and oxygen atoms in total. The van der Waals surface area contributed by atoms with E-state index in [1.54, 1.807) is 17.0 Å². The summed E-state index contributed by atoms with van der Waals surface area (Å²) >= 11 is 0. The number of piperidine rings is 1. The van der Waals surface area contributed by atoms with Crippen molar-refractivity contribution in [1.82, 2.24) is 9.80 Å². The van der Waals surface area contributed by atoms with Gasteiger partial charge in [0.15, 0.2) is 0 Å². The summed E-state index contributed by atoms with van der Waals surface area (Å²) < 4.78 is 13.2. The number of carbonyl (C=O) groups excluding carboxylic acids is 1. The highest BCUT2D eigenvalue weighted by Gasteiger charge is 2.41. The number of halogens is 1. The fourth-order valence-electron chi connectivity index (χ4n) is 4.35. The van der Waals surface area contributed by atoms with Crippen molar-refractivity contribution in [1.29, 1.82) is 0 Å². The molecular weight excluding hydrogens is 335 g/mol. The lowest BCUT2D eigenvalue weighted by molar-refractivity contribution is -0.142. The largest absolute Gasteiger partial charge is 0.481 e. The summed E-state index contributed by atoms with van der Waals surface area (Å²) in [6, 6.07) is 6.67. The van der Waals surface area contributed by atoms with Crippen LogP contribution in [-0.4, -0.2) is 58.5 Å². The van der Waals surface area contributed by atoms with Crippen molar-refractivity contribution in [2.45, 2.75) is 51.1 Å². The number of aliphatic carboxylic acids is 1. The zero-order valence-electron chi connectivity index (χ0n) is 15.4. The van der Waals surface area contributed by atoms with Crippen molar-refractivity contribution in [2.75, 3.05) is 19.6 Å². The fourth-order valence-corrected chi connectivity index (χ4v) is 4.35. The Morgan fingerprint density at radius 2 is 1.73 bits per heavy atom. The molecule has 1 N–H and O–H groups in total. The molecule has 0 aromatic heterocycles. The minimum atomic E-state index is -0.908. The highest BCUT2D eigenvalue weighted by molar-refractivity contribution is 5.81. The van der Waals surface area contributed by atoms with Crippen molar-refractivity contribution in [3.63, 3.8) is 0 Å². The van der Waals surface area contributed by atoms with Gasteiger partial charge in [-0.3, -0.25) is 14.5 Å². The molecule has 2 aliphatic rings. The lowest BCUT2D eigenvalue weighted by Gasteiger charge is -2.39. The van der Waals surface area contributed by atoms with E-state index in [1.165, 1.54) is 18.6 Å². The minimum absolute atomic E-state index is 0.0125. The van der Waals surface area contributed by atoms with Crippen molar-refractivity contribution in [2.24, 2.45) is 5.92 Å². The van der Waals surface area contributed by atoms with Crippen LogP contribution in [0.25, 0.3) is 0 Å². The van der Waals surface area contributed by atoms with Gasteiger partial charge in [0.2, 0.25) is 5.91 Å². The Hall–Kier alpha value is -1.95. The van der Waals surface area contributed by atoms with Crippen LogP contribution in [0, 0.1) is 11.7 Å². The Bertz CT molecular complexity index is 654. The van der Waals surface area contributed by atoms with E-state index < -0.39 is 11.9 Å². The number of nitrogens with zero attached hydrogens (tertiary/aromatic N) is 2. The Morgan fingerprint density at radius 1 is 1.12 bits per heavy atom. The van der Waals surface area contributed by atoms with Gasteiger partial charge >= 0.3 is 5.97 Å². The summed E-state index contributed by atoms with van der Waals surface area (Å²) in [5, 5.41) is 9.58. The molecule has 6 heteroatoms. The van der Waals surface area contributed by atoms with Gasteiger partial charge in [0.1, 0.15) is 5.82 Å². The van der Waals surface area contributed by atoms with Crippen LogP contribution in [0.1, 0.15) is 44.6 Å². The van der Waals surface area contributed by atoms with Crippen LogP contribution in [-0.2, 0) is 9.59 Å². The number of likely N-dealkylation sites (tertiary alicyclic amines) is 2. The van der Waals surface area contributed by atoms with E-state index in [0.717, 1.165) is 18.4 Å². The maximum Gasteiger partial charge on any atom is 0.308 e. The zero-order valence-corrected chi connectivity index (χ0v) is 15.4. The van der Waals surface area contributed by atoms with Gasteiger partial charge < -0.3 is 10.0 Å². The molecular formula is C20H27FN2O3. The molecule has 2 fully saturated rings. The Kier molecular flexibility index (Phi) is 5.61. The first-order chi connectivity index (χ1) is 12.4. The maximum atomic E-state index is 13.2. The number of carbonyl (C=O) groups is 2. The summed E-state index contributed by atoms with van der Waals surface area (Å²) in [7, 11) is 0. The summed E-state index contributed by atoms with van der Waals surface area (Å²) in [5.74, 6) is -2.22. The van der Waals surface area contributed by atoms with Crippen LogP contribution in [0.3, 0.4) is 0 Å². The van der Waals surface area contributed by atoms with Crippen LogP contribution in [0.4, 0.5) is 4.39 Å². The third-order valence-electron chi connectivity index (χ3n) is 5.98. The highest BCUT2D eigenvalue weighted by Crippen LogP contribution is 2.33. The van der Waals surface area contributed by atoms with E-state index in [-0.39, 0.29) is 24.2 Å². The number of carboxylic acid groups (broad SMARTS) is 1. The number of hydrogen-bond acceptors (Lipinski definition) is 3. The van der Waals surface area contributed by atoms with E-state index in [9.17, 15) is 19.1 Å². The standard InChI is InChI=1S/C20H27FN2O3/c1-13-4-3-5-14(2)23(13)12-19(24)22-10-17(18(11-22)20(25)26)15-6-8-16(21)9-7-15/h6-9,13-14,17-18H,3-5,10-12H2,1-2H3,(H,25,26)/t13-,14+,17-,18+/m0/s1.